The lowest BCUT2D eigenvalue weighted by Crippen LogP contribution is -2.43. The predicted octanol–water partition coefficient (Wildman–Crippen LogP) is 2.66. The highest BCUT2D eigenvalue weighted by atomic mass is 19.2. The molecule has 2 bridgehead atoms. The van der Waals surface area contributed by atoms with Crippen molar-refractivity contribution in [3.05, 3.63) is 29.8 Å². The van der Waals surface area contributed by atoms with Crippen LogP contribution < -0.4 is 10.6 Å². The molecule has 0 amide bonds. The highest BCUT2D eigenvalue weighted by Crippen LogP contribution is 2.28. The predicted molar refractivity (Wildman–Crippen MR) is 62.9 cm³/mol. The molecule has 1 aromatic rings. The van der Waals surface area contributed by atoms with E-state index in [4.69, 9.17) is 0 Å². The van der Waals surface area contributed by atoms with Crippen LogP contribution in [0.25, 0.3) is 0 Å². The molecule has 2 N–H and O–H groups in total. The Bertz CT molecular complexity index is 410. The van der Waals surface area contributed by atoms with Crippen LogP contribution in [0.3, 0.4) is 0 Å². The molecular weight excluding hydrogens is 222 g/mol. The summed E-state index contributed by atoms with van der Waals surface area (Å²) >= 11 is 0. The first-order chi connectivity index (χ1) is 8.20. The standard InChI is InChI=1S/C13H16F2N2/c14-12-4-3-10(7-13(12)15)17-11-5-8-1-2-9(6-11)16-8/h3-4,7-9,11,16-17H,1-2,5-6H2. The Kier molecular flexibility index (Phi) is 2.74. The van der Waals surface area contributed by atoms with Gasteiger partial charge in [-0.25, -0.2) is 8.78 Å². The maximum Gasteiger partial charge on any atom is 0.160 e. The average molecular weight is 238 g/mol. The SMILES string of the molecule is Fc1ccc(NC2CC3CCC(C2)N3)cc1F. The van der Waals surface area contributed by atoms with Crippen LogP contribution >= 0.6 is 0 Å². The molecule has 2 aliphatic heterocycles. The number of benzene rings is 1. The topological polar surface area (TPSA) is 24.1 Å². The molecule has 2 atom stereocenters. The monoisotopic (exact) mass is 238 g/mol. The van der Waals surface area contributed by atoms with Crippen molar-refractivity contribution in [2.45, 2.75) is 43.8 Å². The fraction of sp³-hybridized carbons (Fsp3) is 0.538. The van der Waals surface area contributed by atoms with Crippen molar-refractivity contribution in [1.29, 1.82) is 0 Å². The summed E-state index contributed by atoms with van der Waals surface area (Å²) in [6, 6.07) is 5.57. The molecule has 2 fully saturated rings. The number of hydrogen-bond donors (Lipinski definition) is 2. The number of fused-ring (bicyclic) bond motifs is 2. The highest BCUT2D eigenvalue weighted by molar-refractivity contribution is 5.44. The molecule has 0 saturated carbocycles. The van der Waals surface area contributed by atoms with E-state index in [1.807, 2.05) is 0 Å². The lowest BCUT2D eigenvalue weighted by atomic mass is 9.99. The normalized spacial score (nSPS) is 31.5. The molecule has 2 nitrogen and oxygen atoms in total. The summed E-state index contributed by atoms with van der Waals surface area (Å²) in [5.41, 5.74) is 0.676. The van der Waals surface area contributed by atoms with Crippen LogP contribution in [-0.4, -0.2) is 18.1 Å². The van der Waals surface area contributed by atoms with Gasteiger partial charge < -0.3 is 10.6 Å². The molecule has 3 rings (SSSR count). The van der Waals surface area contributed by atoms with E-state index in [1.54, 1.807) is 6.07 Å². The van der Waals surface area contributed by atoms with Crippen LogP contribution in [0, 0.1) is 11.6 Å². The Labute approximate surface area is 99.4 Å². The maximum absolute atomic E-state index is 13.1. The van der Waals surface area contributed by atoms with Gasteiger partial charge in [0.1, 0.15) is 0 Å². The Hall–Kier alpha value is -1.16. The van der Waals surface area contributed by atoms with Gasteiger partial charge in [-0.2, -0.15) is 0 Å². The molecule has 0 radical (unpaired) electrons. The zero-order valence-corrected chi connectivity index (χ0v) is 9.55. The molecule has 4 heteroatoms. The summed E-state index contributed by atoms with van der Waals surface area (Å²) in [7, 11) is 0. The summed E-state index contributed by atoms with van der Waals surface area (Å²) in [5, 5.41) is 6.86. The molecule has 0 spiro atoms. The molecule has 0 aliphatic carbocycles. The lowest BCUT2D eigenvalue weighted by molar-refractivity contribution is 0.378. The number of rotatable bonds is 2. The van der Waals surface area contributed by atoms with Crippen LogP contribution in [0.2, 0.25) is 0 Å². The van der Waals surface area contributed by atoms with Crippen molar-refractivity contribution in [2.75, 3.05) is 5.32 Å². The van der Waals surface area contributed by atoms with E-state index < -0.39 is 11.6 Å². The quantitative estimate of drug-likeness (QED) is 0.827. The second-order valence-electron chi connectivity index (χ2n) is 5.08. The first-order valence-electron chi connectivity index (χ1n) is 6.18. The highest BCUT2D eigenvalue weighted by Gasteiger charge is 2.33. The van der Waals surface area contributed by atoms with Gasteiger partial charge in [-0.15, -0.1) is 0 Å². The second kappa shape index (κ2) is 4.26. The number of hydrogen-bond acceptors (Lipinski definition) is 2. The van der Waals surface area contributed by atoms with E-state index >= 15 is 0 Å². The van der Waals surface area contributed by atoms with Gasteiger partial charge in [-0.05, 0) is 37.8 Å². The zero-order chi connectivity index (χ0) is 11.8. The Morgan fingerprint density at radius 3 is 2.41 bits per heavy atom. The van der Waals surface area contributed by atoms with Gasteiger partial charge in [0.25, 0.3) is 0 Å². The largest absolute Gasteiger partial charge is 0.382 e. The van der Waals surface area contributed by atoms with Gasteiger partial charge in [0.05, 0.1) is 0 Å². The van der Waals surface area contributed by atoms with Crippen molar-refractivity contribution in [3.63, 3.8) is 0 Å². The molecule has 92 valence electrons. The van der Waals surface area contributed by atoms with Crippen molar-refractivity contribution in [1.82, 2.24) is 5.32 Å². The smallest absolute Gasteiger partial charge is 0.160 e. The Morgan fingerprint density at radius 2 is 1.76 bits per heavy atom. The lowest BCUT2D eigenvalue weighted by Gasteiger charge is -2.30. The van der Waals surface area contributed by atoms with Crippen LogP contribution in [-0.2, 0) is 0 Å². The van der Waals surface area contributed by atoms with E-state index in [0.29, 0.717) is 23.8 Å². The minimum atomic E-state index is -0.791. The number of halogens is 2. The summed E-state index contributed by atoms with van der Waals surface area (Å²) in [5.74, 6) is -1.58. The Balaban J connectivity index is 1.68. The summed E-state index contributed by atoms with van der Waals surface area (Å²) in [4.78, 5) is 0. The molecular formula is C13H16F2N2. The van der Waals surface area contributed by atoms with E-state index in [9.17, 15) is 8.78 Å². The summed E-state index contributed by atoms with van der Waals surface area (Å²) < 4.78 is 25.9. The van der Waals surface area contributed by atoms with E-state index in [-0.39, 0.29) is 0 Å². The van der Waals surface area contributed by atoms with Gasteiger partial charge in [-0.3, -0.25) is 0 Å². The van der Waals surface area contributed by atoms with Crippen LogP contribution in [0.4, 0.5) is 14.5 Å². The van der Waals surface area contributed by atoms with E-state index in [0.717, 1.165) is 12.8 Å². The van der Waals surface area contributed by atoms with Crippen LogP contribution in [0.1, 0.15) is 25.7 Å². The average Bonchev–Trinajstić information content (AvgIpc) is 2.64. The second-order valence-corrected chi connectivity index (χ2v) is 5.08. The molecule has 2 unspecified atom stereocenters. The molecule has 1 aromatic carbocycles. The number of piperidine rings is 1. The van der Waals surface area contributed by atoms with Crippen molar-refractivity contribution in [2.24, 2.45) is 0 Å². The van der Waals surface area contributed by atoms with Crippen molar-refractivity contribution < 1.29 is 8.78 Å². The summed E-state index contributed by atoms with van der Waals surface area (Å²) in [6.45, 7) is 0. The van der Waals surface area contributed by atoms with Crippen LogP contribution in [0.5, 0.6) is 0 Å². The fourth-order valence-corrected chi connectivity index (χ4v) is 3.00. The molecule has 0 aromatic heterocycles. The van der Waals surface area contributed by atoms with Crippen molar-refractivity contribution in [3.8, 4) is 0 Å². The molecule has 2 heterocycles. The van der Waals surface area contributed by atoms with Gasteiger partial charge in [0.15, 0.2) is 11.6 Å². The van der Waals surface area contributed by atoms with Gasteiger partial charge in [0.2, 0.25) is 0 Å². The molecule has 17 heavy (non-hydrogen) atoms. The molecule has 2 aliphatic rings. The molecule has 2 saturated heterocycles. The zero-order valence-electron chi connectivity index (χ0n) is 9.55. The van der Waals surface area contributed by atoms with E-state index in [2.05, 4.69) is 10.6 Å². The maximum atomic E-state index is 13.1. The minimum Gasteiger partial charge on any atom is -0.382 e. The first kappa shape index (κ1) is 11.0. The fourth-order valence-electron chi connectivity index (χ4n) is 3.00. The Morgan fingerprint density at radius 1 is 1.06 bits per heavy atom. The third kappa shape index (κ3) is 2.27. The van der Waals surface area contributed by atoms with Gasteiger partial charge in [-0.1, -0.05) is 0 Å². The van der Waals surface area contributed by atoms with Gasteiger partial charge >= 0.3 is 0 Å². The van der Waals surface area contributed by atoms with Gasteiger partial charge in [0, 0.05) is 29.9 Å². The third-order valence-electron chi connectivity index (χ3n) is 3.76. The number of nitrogens with one attached hydrogen (secondary N) is 2. The first-order valence-corrected chi connectivity index (χ1v) is 6.18. The minimum absolute atomic E-state index is 0.374. The van der Waals surface area contributed by atoms with Crippen LogP contribution in [0.15, 0.2) is 18.2 Å². The summed E-state index contributed by atoms with van der Waals surface area (Å²) in [6.07, 6.45) is 4.60. The third-order valence-corrected chi connectivity index (χ3v) is 3.76. The van der Waals surface area contributed by atoms with E-state index in [1.165, 1.54) is 25.0 Å². The van der Waals surface area contributed by atoms with Crippen molar-refractivity contribution >= 4 is 5.69 Å². The number of anilines is 1.